The number of pyridine rings is 1. The van der Waals surface area contributed by atoms with E-state index >= 15 is 0 Å². The number of carboxylic acids is 1. The fourth-order valence-corrected chi connectivity index (χ4v) is 1.51. The van der Waals surface area contributed by atoms with Crippen LogP contribution in [0.3, 0.4) is 0 Å². The third kappa shape index (κ3) is 2.23. The van der Waals surface area contributed by atoms with Gasteiger partial charge in [-0.25, -0.2) is 4.79 Å². The van der Waals surface area contributed by atoms with E-state index in [1.807, 2.05) is 0 Å². The minimum Gasteiger partial charge on any atom is -0.477 e. The highest BCUT2D eigenvalue weighted by Crippen LogP contribution is 2.18. The number of allylic oxidation sites excluding steroid dienone is 1. The van der Waals surface area contributed by atoms with Crippen molar-refractivity contribution in [2.45, 2.75) is 6.54 Å². The van der Waals surface area contributed by atoms with Crippen molar-refractivity contribution in [2.24, 2.45) is 0 Å². The summed E-state index contributed by atoms with van der Waals surface area (Å²) in [7, 11) is 0. The maximum Gasteiger partial charge on any atom is 0.354 e. The van der Waals surface area contributed by atoms with E-state index in [9.17, 15) is 4.79 Å². The molecule has 0 atom stereocenters. The van der Waals surface area contributed by atoms with Gasteiger partial charge in [0.2, 0.25) is 0 Å². The van der Waals surface area contributed by atoms with Crippen LogP contribution in [0, 0.1) is 0 Å². The summed E-state index contributed by atoms with van der Waals surface area (Å²) >= 11 is 0. The lowest BCUT2D eigenvalue weighted by atomic mass is 10.2. The molecule has 0 aliphatic carbocycles. The molecule has 2 rings (SSSR count). The van der Waals surface area contributed by atoms with Crippen molar-refractivity contribution in [1.29, 1.82) is 0 Å². The lowest BCUT2D eigenvalue weighted by Gasteiger charge is -1.98. The maximum atomic E-state index is 11.0. The van der Waals surface area contributed by atoms with E-state index in [2.05, 4.69) is 16.7 Å². The average molecular weight is 229 g/mol. The molecule has 0 spiro atoms. The molecule has 0 saturated carbocycles. The first kappa shape index (κ1) is 11.1. The van der Waals surface area contributed by atoms with Crippen LogP contribution in [-0.4, -0.2) is 25.8 Å². The number of rotatable bonds is 4. The van der Waals surface area contributed by atoms with Crippen LogP contribution in [0.5, 0.6) is 0 Å². The van der Waals surface area contributed by atoms with Gasteiger partial charge in [-0.1, -0.05) is 6.08 Å². The number of aromatic nitrogens is 3. The van der Waals surface area contributed by atoms with Crippen molar-refractivity contribution in [3.8, 4) is 11.3 Å². The maximum absolute atomic E-state index is 11.0. The summed E-state index contributed by atoms with van der Waals surface area (Å²) in [5.74, 6) is -1.00. The van der Waals surface area contributed by atoms with Gasteiger partial charge in [0, 0.05) is 18.0 Å². The molecule has 2 aromatic heterocycles. The van der Waals surface area contributed by atoms with Crippen LogP contribution in [0.4, 0.5) is 0 Å². The topological polar surface area (TPSA) is 68.0 Å². The van der Waals surface area contributed by atoms with Crippen molar-refractivity contribution in [1.82, 2.24) is 14.8 Å². The van der Waals surface area contributed by atoms with Gasteiger partial charge in [0.25, 0.3) is 0 Å². The fourth-order valence-electron chi connectivity index (χ4n) is 1.51. The lowest BCUT2D eigenvalue weighted by Crippen LogP contribution is -2.08. The number of hydrogen-bond donors (Lipinski definition) is 1. The Balaban J connectivity index is 2.47. The lowest BCUT2D eigenvalue weighted by molar-refractivity contribution is 0.0684. The smallest absolute Gasteiger partial charge is 0.354 e. The summed E-state index contributed by atoms with van der Waals surface area (Å²) in [5.41, 5.74) is 1.61. The summed E-state index contributed by atoms with van der Waals surface area (Å²) < 4.78 is 1.41. The predicted octanol–water partition coefficient (Wildman–Crippen LogP) is 1.83. The van der Waals surface area contributed by atoms with Crippen molar-refractivity contribution >= 4 is 5.97 Å². The second-order valence-corrected chi connectivity index (χ2v) is 3.43. The van der Waals surface area contributed by atoms with Crippen LogP contribution in [0.15, 0.2) is 43.2 Å². The molecule has 0 amide bonds. The monoisotopic (exact) mass is 229 g/mol. The van der Waals surface area contributed by atoms with E-state index < -0.39 is 5.97 Å². The molecule has 86 valence electrons. The second kappa shape index (κ2) is 4.61. The molecule has 0 radical (unpaired) electrons. The Hall–Kier alpha value is -2.43. The Morgan fingerprint density at radius 1 is 1.47 bits per heavy atom. The van der Waals surface area contributed by atoms with Gasteiger partial charge < -0.3 is 5.11 Å². The molecular formula is C12H11N3O2. The number of carbonyl (C=O) groups is 1. The zero-order valence-corrected chi connectivity index (χ0v) is 9.08. The summed E-state index contributed by atoms with van der Waals surface area (Å²) in [6.07, 6.45) is 4.89. The van der Waals surface area contributed by atoms with Crippen LogP contribution >= 0.6 is 0 Å². The first-order valence-electron chi connectivity index (χ1n) is 5.05. The molecule has 0 aromatic carbocycles. The van der Waals surface area contributed by atoms with E-state index in [4.69, 9.17) is 5.11 Å². The van der Waals surface area contributed by atoms with Gasteiger partial charge in [0.15, 0.2) is 0 Å². The predicted molar refractivity (Wildman–Crippen MR) is 62.6 cm³/mol. The van der Waals surface area contributed by atoms with Gasteiger partial charge in [-0.05, 0) is 18.2 Å². The molecule has 5 nitrogen and oxygen atoms in total. The Labute approximate surface area is 98.0 Å². The van der Waals surface area contributed by atoms with Gasteiger partial charge in [-0.15, -0.1) is 6.58 Å². The molecule has 0 saturated heterocycles. The minimum atomic E-state index is -1.00. The van der Waals surface area contributed by atoms with Crippen molar-refractivity contribution in [2.75, 3.05) is 0 Å². The number of hydrogen-bond acceptors (Lipinski definition) is 3. The SMILES string of the molecule is C=CCn1nc(-c2ccncc2)cc1C(=O)O. The van der Waals surface area contributed by atoms with Crippen LogP contribution in [-0.2, 0) is 6.54 Å². The highest BCUT2D eigenvalue weighted by molar-refractivity contribution is 5.87. The average Bonchev–Trinajstić information content (AvgIpc) is 2.75. The van der Waals surface area contributed by atoms with Crippen LogP contribution in [0.1, 0.15) is 10.5 Å². The highest BCUT2D eigenvalue weighted by Gasteiger charge is 2.14. The first-order valence-corrected chi connectivity index (χ1v) is 5.05. The Morgan fingerprint density at radius 2 is 2.18 bits per heavy atom. The van der Waals surface area contributed by atoms with Crippen molar-refractivity contribution in [3.05, 3.63) is 48.9 Å². The van der Waals surface area contributed by atoms with E-state index in [0.717, 1.165) is 5.56 Å². The molecular weight excluding hydrogens is 218 g/mol. The molecule has 2 aromatic rings. The van der Waals surface area contributed by atoms with Gasteiger partial charge in [0.05, 0.1) is 12.2 Å². The molecule has 1 N–H and O–H groups in total. The fraction of sp³-hybridized carbons (Fsp3) is 0.0833. The second-order valence-electron chi connectivity index (χ2n) is 3.43. The van der Waals surface area contributed by atoms with E-state index in [1.165, 1.54) is 4.68 Å². The third-order valence-corrected chi connectivity index (χ3v) is 2.28. The van der Waals surface area contributed by atoms with Gasteiger partial charge in [-0.2, -0.15) is 5.10 Å². The standard InChI is InChI=1S/C12H11N3O2/c1-2-7-15-11(12(16)17)8-10(14-15)9-3-5-13-6-4-9/h2-6,8H,1,7H2,(H,16,17). The van der Waals surface area contributed by atoms with E-state index in [0.29, 0.717) is 12.2 Å². The molecule has 0 aliphatic rings. The van der Waals surface area contributed by atoms with E-state index in [-0.39, 0.29) is 5.69 Å². The molecule has 0 fully saturated rings. The number of carboxylic acid groups (broad SMARTS) is 1. The van der Waals surface area contributed by atoms with Gasteiger partial charge in [-0.3, -0.25) is 9.67 Å². The number of aromatic carboxylic acids is 1. The normalized spacial score (nSPS) is 10.1. The number of nitrogens with zero attached hydrogens (tertiary/aromatic N) is 3. The highest BCUT2D eigenvalue weighted by atomic mass is 16.4. The summed E-state index contributed by atoms with van der Waals surface area (Å²) in [6.45, 7) is 3.94. The summed E-state index contributed by atoms with van der Waals surface area (Å²) in [5, 5.41) is 13.3. The van der Waals surface area contributed by atoms with E-state index in [1.54, 1.807) is 36.7 Å². The van der Waals surface area contributed by atoms with Crippen molar-refractivity contribution < 1.29 is 9.90 Å². The Bertz CT molecular complexity index is 546. The molecule has 0 aliphatic heterocycles. The summed E-state index contributed by atoms with van der Waals surface area (Å²) in [6, 6.07) is 5.11. The molecule has 0 unspecified atom stereocenters. The Morgan fingerprint density at radius 3 is 2.76 bits per heavy atom. The Kier molecular flexibility index (Phi) is 3.00. The molecule has 17 heavy (non-hydrogen) atoms. The van der Waals surface area contributed by atoms with Crippen LogP contribution < -0.4 is 0 Å². The van der Waals surface area contributed by atoms with Crippen LogP contribution in [0.25, 0.3) is 11.3 Å². The minimum absolute atomic E-state index is 0.150. The van der Waals surface area contributed by atoms with Gasteiger partial charge in [0.1, 0.15) is 5.69 Å². The first-order chi connectivity index (χ1) is 8.22. The molecule has 0 bridgehead atoms. The third-order valence-electron chi connectivity index (χ3n) is 2.28. The summed E-state index contributed by atoms with van der Waals surface area (Å²) in [4.78, 5) is 14.9. The largest absolute Gasteiger partial charge is 0.477 e. The van der Waals surface area contributed by atoms with Gasteiger partial charge >= 0.3 is 5.97 Å². The molecule has 2 heterocycles. The quantitative estimate of drug-likeness (QED) is 0.812. The zero-order valence-electron chi connectivity index (χ0n) is 9.08. The van der Waals surface area contributed by atoms with Crippen molar-refractivity contribution in [3.63, 3.8) is 0 Å². The molecule has 5 heteroatoms. The zero-order chi connectivity index (χ0) is 12.3. The van der Waals surface area contributed by atoms with Crippen LogP contribution in [0.2, 0.25) is 0 Å².